The molecule has 4 saturated carbocycles. The fraction of sp³-hybridized carbons (Fsp3) is 0.354. The average molecular weight is 1100 g/mol. The molecular formula is C65H69BBr2O5. The third-order valence-electron chi connectivity index (χ3n) is 17.8. The van der Waals surface area contributed by atoms with Crippen molar-refractivity contribution in [3.63, 3.8) is 0 Å². The van der Waals surface area contributed by atoms with E-state index in [1.165, 1.54) is 131 Å². The van der Waals surface area contributed by atoms with Gasteiger partial charge in [-0.2, -0.15) is 0 Å². The summed E-state index contributed by atoms with van der Waals surface area (Å²) in [5.74, 6) is 2.62. The zero-order valence-corrected chi connectivity index (χ0v) is 45.1. The minimum absolute atomic E-state index is 0. The van der Waals surface area contributed by atoms with Gasteiger partial charge in [-0.3, -0.25) is 0 Å². The van der Waals surface area contributed by atoms with Gasteiger partial charge >= 0.3 is 7.12 Å². The number of hydrogen-bond acceptors (Lipinski definition) is 5. The molecule has 73 heavy (non-hydrogen) atoms. The van der Waals surface area contributed by atoms with E-state index in [1.54, 1.807) is 46.5 Å². The molecule has 0 bridgehead atoms. The maximum absolute atomic E-state index is 8.76. The summed E-state index contributed by atoms with van der Waals surface area (Å²) in [6, 6.07) is 52.4. The number of halogens is 2. The molecule has 6 aliphatic rings. The minimum atomic E-state index is -1.40. The molecule has 0 heterocycles. The Hall–Kier alpha value is -5.12. The van der Waals surface area contributed by atoms with Crippen LogP contribution in [0.15, 0.2) is 155 Å². The van der Waals surface area contributed by atoms with Crippen LogP contribution in [0, 0.1) is 0 Å². The molecule has 376 valence electrons. The van der Waals surface area contributed by atoms with Crippen LogP contribution in [-0.4, -0.2) is 37.0 Å². The maximum Gasteiger partial charge on any atom is 0.488 e. The van der Waals surface area contributed by atoms with Crippen molar-refractivity contribution in [1.82, 2.24) is 0 Å². The van der Waals surface area contributed by atoms with Crippen molar-refractivity contribution in [3.05, 3.63) is 177 Å². The van der Waals surface area contributed by atoms with Gasteiger partial charge in [0, 0.05) is 30.6 Å². The quantitative estimate of drug-likeness (QED) is 0.141. The first-order valence-electron chi connectivity index (χ1n) is 26.5. The maximum atomic E-state index is 8.76. The lowest BCUT2D eigenvalue weighted by Crippen LogP contribution is -2.43. The van der Waals surface area contributed by atoms with Crippen molar-refractivity contribution >= 4 is 44.4 Å². The highest BCUT2D eigenvalue weighted by Crippen LogP contribution is 2.71. The molecule has 2 N–H and O–H groups in total. The smallest absolute Gasteiger partial charge is 0.488 e. The van der Waals surface area contributed by atoms with Crippen LogP contribution in [0.3, 0.4) is 0 Å². The summed E-state index contributed by atoms with van der Waals surface area (Å²) in [5.41, 5.74) is 19.2. The predicted octanol–water partition coefficient (Wildman–Crippen LogP) is 16.5. The van der Waals surface area contributed by atoms with Crippen molar-refractivity contribution in [3.8, 4) is 61.8 Å². The fourth-order valence-corrected chi connectivity index (χ4v) is 15.7. The summed E-state index contributed by atoms with van der Waals surface area (Å²) in [6.07, 6.45) is 16.1. The predicted molar refractivity (Wildman–Crippen MR) is 309 cm³/mol. The highest BCUT2D eigenvalue weighted by atomic mass is 79.9. The second-order valence-corrected chi connectivity index (χ2v) is 22.8. The second kappa shape index (κ2) is 20.9. The summed E-state index contributed by atoms with van der Waals surface area (Å²) in [7, 11) is -1.40. The normalized spacial score (nSPS) is 22.9. The second-order valence-electron chi connectivity index (χ2n) is 20.9. The lowest BCUT2D eigenvalue weighted by molar-refractivity contribution is 0.299. The van der Waals surface area contributed by atoms with Crippen molar-refractivity contribution < 1.29 is 24.3 Å². The van der Waals surface area contributed by atoms with Crippen LogP contribution in [0.2, 0.25) is 0 Å². The molecule has 0 aliphatic heterocycles. The van der Waals surface area contributed by atoms with E-state index >= 15 is 0 Å². The van der Waals surface area contributed by atoms with Crippen LogP contribution in [0.4, 0.5) is 0 Å². The Morgan fingerprint density at radius 3 is 0.959 bits per heavy atom. The van der Waals surface area contributed by atoms with Crippen LogP contribution >= 0.6 is 31.9 Å². The van der Waals surface area contributed by atoms with Gasteiger partial charge < -0.3 is 24.3 Å². The van der Waals surface area contributed by atoms with Crippen molar-refractivity contribution in [1.29, 1.82) is 0 Å². The van der Waals surface area contributed by atoms with Gasteiger partial charge in [0.05, 0.1) is 19.8 Å². The zero-order chi connectivity index (χ0) is 49.7. The Morgan fingerprint density at radius 2 is 0.658 bits per heavy atom. The van der Waals surface area contributed by atoms with Crippen molar-refractivity contribution in [2.24, 2.45) is 0 Å². The lowest BCUT2D eigenvalue weighted by atomic mass is 9.55. The molecule has 0 amide bonds. The first kappa shape index (κ1) is 51.4. The molecular weight excluding hydrogens is 1030 g/mol. The van der Waals surface area contributed by atoms with E-state index in [0.29, 0.717) is 36.1 Å². The molecule has 8 heteroatoms. The summed E-state index contributed by atoms with van der Waals surface area (Å²) >= 11 is 7.45. The van der Waals surface area contributed by atoms with Gasteiger partial charge in [-0.05, 0) is 217 Å². The van der Waals surface area contributed by atoms with Crippen molar-refractivity contribution in [2.45, 2.75) is 127 Å². The van der Waals surface area contributed by atoms with Gasteiger partial charge in [0.1, 0.15) is 17.2 Å². The summed E-state index contributed by atoms with van der Waals surface area (Å²) in [4.78, 5) is 0. The lowest BCUT2D eigenvalue weighted by Gasteiger charge is -2.48. The first-order chi connectivity index (χ1) is 35.1. The van der Waals surface area contributed by atoms with Crippen LogP contribution < -0.4 is 19.7 Å². The van der Waals surface area contributed by atoms with E-state index in [4.69, 9.17) is 24.3 Å². The van der Waals surface area contributed by atoms with Gasteiger partial charge in [-0.15, -0.1) is 0 Å². The fourth-order valence-electron chi connectivity index (χ4n) is 15.0. The van der Waals surface area contributed by atoms with Gasteiger partial charge in [-0.1, -0.05) is 138 Å². The van der Waals surface area contributed by atoms with Crippen LogP contribution in [0.25, 0.3) is 44.5 Å². The SMILES string of the molecule is Brc1ccc2c(c1)C13CCCC1(CCC3)c1cc(Br)ccc1-2.C.CCOc1ccc(-c2ccc3c(c2)C24CCCC2(CCC4)c2cc(-c4ccc(OCC)cc4)ccc2-3)cc1.CCOc1ccc(B(O)O)cc1. The Labute approximate surface area is 451 Å². The van der Waals surface area contributed by atoms with E-state index in [-0.39, 0.29) is 18.3 Å². The minimum Gasteiger partial charge on any atom is -0.494 e. The summed E-state index contributed by atoms with van der Waals surface area (Å²) in [5, 5.41) is 17.5. The van der Waals surface area contributed by atoms with Crippen LogP contribution in [-0.2, 0) is 21.7 Å². The van der Waals surface area contributed by atoms with Gasteiger partial charge in [0.2, 0.25) is 0 Å². The average Bonchev–Trinajstić information content (AvgIpc) is 4.18. The number of hydrogen-bond donors (Lipinski definition) is 2. The molecule has 7 aromatic rings. The van der Waals surface area contributed by atoms with Gasteiger partial charge in [-0.25, -0.2) is 0 Å². The number of rotatable bonds is 9. The summed E-state index contributed by atoms with van der Waals surface area (Å²) in [6.45, 7) is 7.97. The van der Waals surface area contributed by atoms with E-state index < -0.39 is 7.12 Å². The Kier molecular flexibility index (Phi) is 14.7. The highest BCUT2D eigenvalue weighted by molar-refractivity contribution is 9.10. The van der Waals surface area contributed by atoms with Crippen LogP contribution in [0.1, 0.15) is 128 Å². The molecule has 5 nitrogen and oxygen atoms in total. The molecule has 0 spiro atoms. The van der Waals surface area contributed by atoms with Gasteiger partial charge in [0.25, 0.3) is 0 Å². The molecule has 0 saturated heterocycles. The topological polar surface area (TPSA) is 68.2 Å². The molecule has 7 aromatic carbocycles. The Bertz CT molecular complexity index is 2890. The van der Waals surface area contributed by atoms with E-state index in [2.05, 4.69) is 153 Å². The van der Waals surface area contributed by atoms with Crippen LogP contribution in [0.5, 0.6) is 17.2 Å². The molecule has 6 aliphatic carbocycles. The standard InChI is InChI=1S/C36H36O2.C20H18Br2.C8H11BO3.CH4/c1-3-37-29-13-7-25(8-14-29)27-11-17-31-32-18-12-28(26-9-15-30(16-10-26)38-4-2)24-34(32)36-21-5-19-35(36,20-6-22-36)33(31)23-27;21-13-3-5-15-16-6-4-14(22)12-18(16)20-8-1-7-19(20,9-2-10-20)17(15)11-13;1-2-12-8-5-3-7(4-6-8)9(10)11;/h7-18,23-24H,3-6,19-22H2,1-2H3;3-6,11-12H,1-2,7-10H2;3-6,10-11H,2H2,1H3;1H4. The number of benzene rings is 7. The van der Waals surface area contributed by atoms with E-state index in [0.717, 1.165) is 17.2 Å². The molecule has 13 rings (SSSR count). The number of ether oxygens (including phenoxy) is 3. The molecule has 4 fully saturated rings. The molecule has 0 aromatic heterocycles. The summed E-state index contributed by atoms with van der Waals surface area (Å²) < 4.78 is 19.0. The van der Waals surface area contributed by atoms with E-state index in [9.17, 15) is 0 Å². The van der Waals surface area contributed by atoms with Gasteiger partial charge in [0.15, 0.2) is 0 Å². The Balaban J connectivity index is 0.000000146. The Morgan fingerprint density at radius 1 is 0.384 bits per heavy atom. The zero-order valence-electron chi connectivity index (χ0n) is 41.9. The molecule has 0 unspecified atom stereocenters. The van der Waals surface area contributed by atoms with E-state index in [1.807, 2.05) is 20.8 Å². The number of fused-ring (bicyclic) bond motifs is 6. The molecule has 0 radical (unpaired) electrons. The third-order valence-corrected chi connectivity index (χ3v) is 18.8. The van der Waals surface area contributed by atoms with Crippen molar-refractivity contribution in [2.75, 3.05) is 19.8 Å². The first-order valence-corrected chi connectivity index (χ1v) is 28.1. The molecule has 0 atom stereocenters. The third kappa shape index (κ3) is 8.70. The largest absolute Gasteiger partial charge is 0.494 e. The highest BCUT2D eigenvalue weighted by Gasteiger charge is 2.63. The monoisotopic (exact) mass is 1100 g/mol.